The number of halogens is 3. The smallest absolute Gasteiger partial charge is 0.341 e. The molecule has 3 rings (SSSR count). The maximum absolute atomic E-state index is 13.0. The molecular weight excluding hydrogens is 291 g/mol. The summed E-state index contributed by atoms with van der Waals surface area (Å²) in [5, 5.41) is 0. The van der Waals surface area contributed by atoms with E-state index in [1.165, 1.54) is 23.5 Å². The van der Waals surface area contributed by atoms with Gasteiger partial charge in [-0.1, -0.05) is 24.6 Å². The van der Waals surface area contributed by atoms with E-state index in [9.17, 15) is 18.0 Å². The lowest BCUT2D eigenvalue weighted by atomic mass is 9.87. The van der Waals surface area contributed by atoms with E-state index in [2.05, 4.69) is 0 Å². The first-order valence-electron chi connectivity index (χ1n) is 7.76. The number of carbonyl (C=O) groups excluding carboxylic acids is 1. The van der Waals surface area contributed by atoms with Gasteiger partial charge in [0.1, 0.15) is 0 Å². The van der Waals surface area contributed by atoms with E-state index in [1.807, 2.05) is 0 Å². The Balaban J connectivity index is 1.72. The second kappa shape index (κ2) is 5.60. The minimum atomic E-state index is -4.38. The third-order valence-electron chi connectivity index (χ3n) is 5.16. The average molecular weight is 311 g/mol. The van der Waals surface area contributed by atoms with Crippen molar-refractivity contribution in [1.29, 1.82) is 0 Å². The number of rotatable bonds is 3. The lowest BCUT2D eigenvalue weighted by Gasteiger charge is -2.27. The molecule has 2 fully saturated rings. The zero-order valence-corrected chi connectivity index (χ0v) is 12.6. The molecule has 2 bridgehead atoms. The molecule has 2 aliphatic carbocycles. The van der Waals surface area contributed by atoms with E-state index >= 15 is 0 Å². The molecule has 3 atom stereocenters. The third-order valence-corrected chi connectivity index (χ3v) is 5.16. The molecule has 1 aromatic carbocycles. The molecule has 0 spiro atoms. The molecule has 1 aromatic rings. The van der Waals surface area contributed by atoms with Gasteiger partial charge >= 0.3 is 6.18 Å². The van der Waals surface area contributed by atoms with Crippen LogP contribution in [0.15, 0.2) is 24.3 Å². The van der Waals surface area contributed by atoms with Crippen molar-refractivity contribution in [2.75, 3.05) is 7.05 Å². The van der Waals surface area contributed by atoms with Crippen molar-refractivity contribution in [2.24, 2.45) is 17.8 Å². The maximum atomic E-state index is 13.0. The van der Waals surface area contributed by atoms with Crippen LogP contribution >= 0.6 is 0 Å². The quantitative estimate of drug-likeness (QED) is 0.823. The van der Waals surface area contributed by atoms with Crippen molar-refractivity contribution in [3.8, 4) is 0 Å². The summed E-state index contributed by atoms with van der Waals surface area (Å²) in [6, 6.07) is 5.49. The Labute approximate surface area is 128 Å². The first-order valence-corrected chi connectivity index (χ1v) is 7.76. The van der Waals surface area contributed by atoms with E-state index < -0.39 is 11.7 Å². The molecule has 0 radical (unpaired) electrons. The van der Waals surface area contributed by atoms with Gasteiger partial charge in [-0.15, -0.1) is 0 Å². The number of amides is 1. The molecule has 120 valence electrons. The van der Waals surface area contributed by atoms with Crippen LogP contribution in [-0.4, -0.2) is 17.9 Å². The van der Waals surface area contributed by atoms with Gasteiger partial charge in [-0.3, -0.25) is 4.79 Å². The highest BCUT2D eigenvalue weighted by molar-refractivity contribution is 5.79. The van der Waals surface area contributed by atoms with E-state index in [4.69, 9.17) is 0 Å². The van der Waals surface area contributed by atoms with Gasteiger partial charge in [-0.05, 0) is 42.7 Å². The second-order valence-electron chi connectivity index (χ2n) is 6.63. The fraction of sp³-hybridized carbons (Fsp3) is 0.588. The molecule has 5 heteroatoms. The molecule has 0 N–H and O–H groups in total. The summed E-state index contributed by atoms with van der Waals surface area (Å²) >= 11 is 0. The predicted molar refractivity (Wildman–Crippen MR) is 76.9 cm³/mol. The summed E-state index contributed by atoms with van der Waals surface area (Å²) in [6.07, 6.45) is -0.0613. The first kappa shape index (κ1) is 15.4. The molecule has 2 aliphatic rings. The summed E-state index contributed by atoms with van der Waals surface area (Å²) in [5.74, 6) is 1.11. The zero-order valence-electron chi connectivity index (χ0n) is 12.6. The lowest BCUT2D eigenvalue weighted by Crippen LogP contribution is -2.35. The summed E-state index contributed by atoms with van der Waals surface area (Å²) in [6.45, 7) is 0.0163. The summed E-state index contributed by atoms with van der Waals surface area (Å²) in [7, 11) is 1.61. The molecule has 2 nitrogen and oxygen atoms in total. The van der Waals surface area contributed by atoms with Crippen LogP contribution in [0.5, 0.6) is 0 Å². The molecular formula is C17H20F3NO. The van der Waals surface area contributed by atoms with Crippen LogP contribution in [0.1, 0.15) is 36.8 Å². The van der Waals surface area contributed by atoms with Crippen molar-refractivity contribution in [3.05, 3.63) is 35.4 Å². The Morgan fingerprint density at radius 2 is 1.95 bits per heavy atom. The van der Waals surface area contributed by atoms with E-state index in [1.54, 1.807) is 13.1 Å². The van der Waals surface area contributed by atoms with E-state index in [-0.39, 0.29) is 23.9 Å². The van der Waals surface area contributed by atoms with Gasteiger partial charge in [0.15, 0.2) is 0 Å². The Morgan fingerprint density at radius 3 is 2.55 bits per heavy atom. The van der Waals surface area contributed by atoms with Crippen LogP contribution in [-0.2, 0) is 17.5 Å². The molecule has 2 saturated carbocycles. The second-order valence-corrected chi connectivity index (χ2v) is 6.63. The van der Waals surface area contributed by atoms with Crippen LogP contribution in [0.2, 0.25) is 0 Å². The summed E-state index contributed by atoms with van der Waals surface area (Å²) in [4.78, 5) is 14.0. The standard InChI is InChI=1S/C17H20F3NO/c1-21(16(22)14-9-11-6-7-12(14)8-11)10-13-4-2-3-5-15(13)17(18,19)20/h2-5,11-12,14H,6-10H2,1H3. The van der Waals surface area contributed by atoms with Crippen molar-refractivity contribution < 1.29 is 18.0 Å². The normalized spacial score (nSPS) is 27.2. The molecule has 0 aromatic heterocycles. The number of hydrogen-bond donors (Lipinski definition) is 0. The summed E-state index contributed by atoms with van der Waals surface area (Å²) < 4.78 is 39.1. The number of fused-ring (bicyclic) bond motifs is 2. The molecule has 0 heterocycles. The van der Waals surface area contributed by atoms with E-state index in [0.717, 1.165) is 25.3 Å². The van der Waals surface area contributed by atoms with E-state index in [0.29, 0.717) is 11.8 Å². The molecule has 0 aliphatic heterocycles. The lowest BCUT2D eigenvalue weighted by molar-refractivity contribution is -0.141. The Kier molecular flexibility index (Phi) is 3.91. The molecule has 1 amide bonds. The molecule has 3 unspecified atom stereocenters. The number of nitrogens with zero attached hydrogens (tertiary/aromatic N) is 1. The number of hydrogen-bond acceptors (Lipinski definition) is 1. The fourth-order valence-corrected chi connectivity index (χ4v) is 4.10. The Hall–Kier alpha value is -1.52. The molecule has 22 heavy (non-hydrogen) atoms. The fourth-order valence-electron chi connectivity index (χ4n) is 4.10. The highest BCUT2D eigenvalue weighted by Gasteiger charge is 2.44. The monoisotopic (exact) mass is 311 g/mol. The van der Waals surface area contributed by atoms with Gasteiger partial charge in [-0.25, -0.2) is 0 Å². The van der Waals surface area contributed by atoms with Gasteiger partial charge < -0.3 is 4.90 Å². The van der Waals surface area contributed by atoms with Crippen LogP contribution in [0.25, 0.3) is 0 Å². The van der Waals surface area contributed by atoms with Gasteiger partial charge in [-0.2, -0.15) is 13.2 Å². The Bertz CT molecular complexity index is 569. The van der Waals surface area contributed by atoms with Gasteiger partial charge in [0.05, 0.1) is 5.56 Å². The topological polar surface area (TPSA) is 20.3 Å². The predicted octanol–water partition coefficient (Wildman–Crippen LogP) is 4.10. The van der Waals surface area contributed by atoms with Gasteiger partial charge in [0.25, 0.3) is 0 Å². The van der Waals surface area contributed by atoms with Crippen LogP contribution in [0.4, 0.5) is 13.2 Å². The highest BCUT2D eigenvalue weighted by Crippen LogP contribution is 2.48. The number of benzene rings is 1. The van der Waals surface area contributed by atoms with Crippen molar-refractivity contribution in [3.63, 3.8) is 0 Å². The number of carbonyl (C=O) groups is 1. The van der Waals surface area contributed by atoms with Crippen LogP contribution in [0, 0.1) is 17.8 Å². The summed E-state index contributed by atoms with van der Waals surface area (Å²) in [5.41, 5.74) is -0.489. The largest absolute Gasteiger partial charge is 0.416 e. The van der Waals surface area contributed by atoms with Crippen molar-refractivity contribution in [1.82, 2.24) is 4.90 Å². The number of alkyl halides is 3. The molecule has 0 saturated heterocycles. The zero-order chi connectivity index (χ0) is 15.9. The SMILES string of the molecule is CN(Cc1ccccc1C(F)(F)F)C(=O)C1CC2CCC1C2. The highest BCUT2D eigenvalue weighted by atomic mass is 19.4. The Morgan fingerprint density at radius 1 is 1.23 bits per heavy atom. The average Bonchev–Trinajstić information content (AvgIpc) is 3.08. The van der Waals surface area contributed by atoms with Gasteiger partial charge in [0.2, 0.25) is 5.91 Å². The third kappa shape index (κ3) is 2.85. The van der Waals surface area contributed by atoms with Crippen LogP contribution in [0.3, 0.4) is 0 Å². The van der Waals surface area contributed by atoms with Crippen LogP contribution < -0.4 is 0 Å². The minimum Gasteiger partial charge on any atom is -0.341 e. The van der Waals surface area contributed by atoms with Crippen molar-refractivity contribution in [2.45, 2.75) is 38.4 Å². The van der Waals surface area contributed by atoms with Gasteiger partial charge in [0, 0.05) is 19.5 Å². The maximum Gasteiger partial charge on any atom is 0.416 e. The minimum absolute atomic E-state index is 0.00387. The van der Waals surface area contributed by atoms with Crippen molar-refractivity contribution >= 4 is 5.91 Å². The first-order chi connectivity index (χ1) is 10.4.